The highest BCUT2D eigenvalue weighted by Crippen LogP contribution is 2.34. The van der Waals surface area contributed by atoms with Crippen LogP contribution in [-0.4, -0.2) is 18.8 Å². The molecular weight excluding hydrogens is 204 g/mol. The molecule has 1 aromatic rings. The summed E-state index contributed by atoms with van der Waals surface area (Å²) >= 11 is 0. The van der Waals surface area contributed by atoms with Crippen LogP contribution in [0.1, 0.15) is 24.8 Å². The number of aliphatic hydroxyl groups excluding tert-OH is 1. The molecule has 3 nitrogen and oxygen atoms in total. The van der Waals surface area contributed by atoms with E-state index in [9.17, 15) is 5.11 Å². The maximum absolute atomic E-state index is 9.22. The molecular formula is C13H18O3. The first kappa shape index (κ1) is 11.3. The van der Waals surface area contributed by atoms with Gasteiger partial charge in [-0.25, -0.2) is 0 Å². The van der Waals surface area contributed by atoms with E-state index in [4.69, 9.17) is 9.47 Å². The van der Waals surface area contributed by atoms with E-state index in [1.807, 2.05) is 18.2 Å². The van der Waals surface area contributed by atoms with Gasteiger partial charge in [0.2, 0.25) is 0 Å². The normalized spacial score (nSPS) is 14.9. The zero-order valence-corrected chi connectivity index (χ0v) is 9.61. The molecule has 0 heterocycles. The number of ether oxygens (including phenoxy) is 2. The SMILES string of the molecule is COc1cccc(CO)c1OCCC1CC1. The molecule has 88 valence electrons. The molecule has 1 aliphatic rings. The van der Waals surface area contributed by atoms with E-state index in [0.717, 1.165) is 17.9 Å². The molecule has 3 heteroatoms. The Morgan fingerprint density at radius 3 is 2.81 bits per heavy atom. The molecule has 0 atom stereocenters. The Morgan fingerprint density at radius 2 is 2.19 bits per heavy atom. The Balaban J connectivity index is 2.02. The molecule has 0 aliphatic heterocycles. The van der Waals surface area contributed by atoms with Gasteiger partial charge in [-0.1, -0.05) is 25.0 Å². The Hall–Kier alpha value is -1.22. The van der Waals surface area contributed by atoms with Gasteiger partial charge >= 0.3 is 0 Å². The van der Waals surface area contributed by atoms with Gasteiger partial charge in [-0.15, -0.1) is 0 Å². The summed E-state index contributed by atoms with van der Waals surface area (Å²) in [5, 5.41) is 9.22. The average molecular weight is 222 g/mol. The van der Waals surface area contributed by atoms with E-state index in [0.29, 0.717) is 18.1 Å². The smallest absolute Gasteiger partial charge is 0.166 e. The van der Waals surface area contributed by atoms with Gasteiger partial charge in [-0.2, -0.15) is 0 Å². The zero-order valence-electron chi connectivity index (χ0n) is 9.61. The number of hydrogen-bond acceptors (Lipinski definition) is 3. The number of para-hydroxylation sites is 1. The van der Waals surface area contributed by atoms with Crippen LogP contribution in [0.2, 0.25) is 0 Å². The standard InChI is InChI=1S/C13H18O3/c1-15-12-4-2-3-11(9-14)13(12)16-8-7-10-5-6-10/h2-4,10,14H,5-9H2,1H3. The minimum atomic E-state index is -0.0179. The Bertz CT molecular complexity index is 323. The summed E-state index contributed by atoms with van der Waals surface area (Å²) in [7, 11) is 1.62. The van der Waals surface area contributed by atoms with E-state index in [2.05, 4.69) is 0 Å². The molecule has 1 aromatic carbocycles. The van der Waals surface area contributed by atoms with Gasteiger partial charge in [0.25, 0.3) is 0 Å². The summed E-state index contributed by atoms with van der Waals surface area (Å²) in [6.45, 7) is 0.688. The Kier molecular flexibility index (Phi) is 3.67. The van der Waals surface area contributed by atoms with Crippen LogP contribution >= 0.6 is 0 Å². The molecule has 0 amide bonds. The van der Waals surface area contributed by atoms with Crippen molar-refractivity contribution < 1.29 is 14.6 Å². The number of benzene rings is 1. The van der Waals surface area contributed by atoms with E-state index in [1.54, 1.807) is 7.11 Å². The van der Waals surface area contributed by atoms with Crippen molar-refractivity contribution in [1.82, 2.24) is 0 Å². The third kappa shape index (κ3) is 2.67. The lowest BCUT2D eigenvalue weighted by Crippen LogP contribution is -2.03. The number of methoxy groups -OCH3 is 1. The molecule has 0 radical (unpaired) electrons. The zero-order chi connectivity index (χ0) is 11.4. The molecule has 0 aromatic heterocycles. The first-order chi connectivity index (χ1) is 7.85. The van der Waals surface area contributed by atoms with Crippen molar-refractivity contribution in [2.75, 3.05) is 13.7 Å². The third-order valence-corrected chi connectivity index (χ3v) is 2.92. The van der Waals surface area contributed by atoms with Crippen molar-refractivity contribution in [3.05, 3.63) is 23.8 Å². The largest absolute Gasteiger partial charge is 0.493 e. The Labute approximate surface area is 96.0 Å². The van der Waals surface area contributed by atoms with Crippen LogP contribution in [0.25, 0.3) is 0 Å². The van der Waals surface area contributed by atoms with Crippen LogP contribution in [0.5, 0.6) is 11.5 Å². The fraction of sp³-hybridized carbons (Fsp3) is 0.538. The topological polar surface area (TPSA) is 38.7 Å². The molecule has 1 saturated carbocycles. The highest BCUT2D eigenvalue weighted by atomic mass is 16.5. The fourth-order valence-corrected chi connectivity index (χ4v) is 1.74. The quantitative estimate of drug-likeness (QED) is 0.803. The highest BCUT2D eigenvalue weighted by molar-refractivity contribution is 5.46. The minimum absolute atomic E-state index is 0.0179. The molecule has 0 saturated heterocycles. The van der Waals surface area contributed by atoms with Crippen molar-refractivity contribution in [1.29, 1.82) is 0 Å². The fourth-order valence-electron chi connectivity index (χ4n) is 1.74. The lowest BCUT2D eigenvalue weighted by atomic mass is 10.2. The van der Waals surface area contributed by atoms with Crippen LogP contribution in [0, 0.1) is 5.92 Å². The lowest BCUT2D eigenvalue weighted by molar-refractivity contribution is 0.250. The highest BCUT2D eigenvalue weighted by Gasteiger charge is 2.21. The van der Waals surface area contributed by atoms with Gasteiger partial charge in [0.05, 0.1) is 20.3 Å². The number of aliphatic hydroxyl groups is 1. The third-order valence-electron chi connectivity index (χ3n) is 2.92. The predicted octanol–water partition coefficient (Wildman–Crippen LogP) is 2.37. The number of hydrogen-bond donors (Lipinski definition) is 1. The van der Waals surface area contributed by atoms with Crippen LogP contribution in [0.15, 0.2) is 18.2 Å². The van der Waals surface area contributed by atoms with Crippen molar-refractivity contribution in [3.8, 4) is 11.5 Å². The second-order valence-corrected chi connectivity index (χ2v) is 4.19. The van der Waals surface area contributed by atoms with E-state index in [-0.39, 0.29) is 6.61 Å². The molecule has 0 spiro atoms. The van der Waals surface area contributed by atoms with E-state index < -0.39 is 0 Å². The summed E-state index contributed by atoms with van der Waals surface area (Å²) in [5.74, 6) is 2.24. The first-order valence-electron chi connectivity index (χ1n) is 5.74. The maximum atomic E-state index is 9.22. The van der Waals surface area contributed by atoms with Gasteiger partial charge in [0.1, 0.15) is 0 Å². The molecule has 1 N–H and O–H groups in total. The molecule has 1 fully saturated rings. The lowest BCUT2D eigenvalue weighted by Gasteiger charge is -2.13. The molecule has 2 rings (SSSR count). The summed E-state index contributed by atoms with van der Waals surface area (Å²) in [6.07, 6.45) is 3.77. The van der Waals surface area contributed by atoms with Gasteiger partial charge in [-0.05, 0) is 18.4 Å². The summed E-state index contributed by atoms with van der Waals surface area (Å²) in [6, 6.07) is 5.57. The summed E-state index contributed by atoms with van der Waals surface area (Å²) in [4.78, 5) is 0. The van der Waals surface area contributed by atoms with Crippen molar-refractivity contribution in [3.63, 3.8) is 0 Å². The van der Waals surface area contributed by atoms with Crippen LogP contribution < -0.4 is 9.47 Å². The maximum Gasteiger partial charge on any atom is 0.166 e. The predicted molar refractivity (Wildman–Crippen MR) is 61.8 cm³/mol. The molecule has 1 aliphatic carbocycles. The second kappa shape index (κ2) is 5.21. The van der Waals surface area contributed by atoms with Crippen LogP contribution in [0.4, 0.5) is 0 Å². The van der Waals surface area contributed by atoms with Crippen molar-refractivity contribution in [2.24, 2.45) is 5.92 Å². The monoisotopic (exact) mass is 222 g/mol. The summed E-state index contributed by atoms with van der Waals surface area (Å²) < 4.78 is 10.9. The average Bonchev–Trinajstić information content (AvgIpc) is 3.13. The van der Waals surface area contributed by atoms with E-state index >= 15 is 0 Å². The van der Waals surface area contributed by atoms with Gasteiger partial charge in [0, 0.05) is 5.56 Å². The van der Waals surface area contributed by atoms with Crippen LogP contribution in [-0.2, 0) is 6.61 Å². The first-order valence-corrected chi connectivity index (χ1v) is 5.74. The minimum Gasteiger partial charge on any atom is -0.493 e. The molecule has 16 heavy (non-hydrogen) atoms. The number of rotatable bonds is 6. The Morgan fingerprint density at radius 1 is 1.38 bits per heavy atom. The van der Waals surface area contributed by atoms with Crippen molar-refractivity contribution >= 4 is 0 Å². The van der Waals surface area contributed by atoms with Crippen LogP contribution in [0.3, 0.4) is 0 Å². The second-order valence-electron chi connectivity index (χ2n) is 4.19. The van der Waals surface area contributed by atoms with Gasteiger partial charge < -0.3 is 14.6 Å². The van der Waals surface area contributed by atoms with Gasteiger partial charge in [-0.3, -0.25) is 0 Å². The van der Waals surface area contributed by atoms with Crippen molar-refractivity contribution in [2.45, 2.75) is 25.9 Å². The summed E-state index contributed by atoms with van der Waals surface area (Å²) in [5.41, 5.74) is 0.787. The van der Waals surface area contributed by atoms with Gasteiger partial charge in [0.15, 0.2) is 11.5 Å². The molecule has 0 unspecified atom stereocenters. The van der Waals surface area contributed by atoms with E-state index in [1.165, 1.54) is 12.8 Å². The molecule has 0 bridgehead atoms.